The Labute approximate surface area is 203 Å². The Morgan fingerprint density at radius 3 is 2.50 bits per heavy atom. The predicted octanol–water partition coefficient (Wildman–Crippen LogP) is 4.74. The number of hydrazone groups is 1. The lowest BCUT2D eigenvalue weighted by atomic mass is 10.2. The maximum Gasteiger partial charge on any atom is 0.278 e. The van der Waals surface area contributed by atoms with Crippen LogP contribution in [0.2, 0.25) is 5.02 Å². The molecule has 0 aliphatic heterocycles. The first-order chi connectivity index (χ1) is 16.5. The number of para-hydroxylation sites is 1. The van der Waals surface area contributed by atoms with E-state index in [1.807, 2.05) is 47.0 Å². The van der Waals surface area contributed by atoms with Crippen molar-refractivity contribution in [3.05, 3.63) is 99.6 Å². The third kappa shape index (κ3) is 5.48. The number of rotatable bonds is 8. The largest absolute Gasteiger partial charge is 0.278 e. The summed E-state index contributed by atoms with van der Waals surface area (Å²) < 4.78 is 1.85. The Balaban J connectivity index is 1.50. The van der Waals surface area contributed by atoms with E-state index in [0.717, 1.165) is 11.3 Å². The molecule has 9 nitrogen and oxygen atoms in total. The molecule has 0 bridgehead atoms. The molecular formula is C23H17ClN6O3S. The molecule has 1 heterocycles. The molecule has 1 amide bonds. The molecule has 170 valence electrons. The van der Waals surface area contributed by atoms with Gasteiger partial charge in [-0.2, -0.15) is 5.10 Å². The Kier molecular flexibility index (Phi) is 7.31. The fraction of sp³-hybridized carbons (Fsp3) is 0.0435. The number of nitro benzene ring substituents is 1. The van der Waals surface area contributed by atoms with Gasteiger partial charge >= 0.3 is 0 Å². The number of amides is 1. The average molecular weight is 493 g/mol. The first-order valence-corrected chi connectivity index (χ1v) is 11.3. The minimum atomic E-state index is -0.507. The van der Waals surface area contributed by atoms with Crippen LogP contribution in [0.1, 0.15) is 5.56 Å². The van der Waals surface area contributed by atoms with Gasteiger partial charge in [-0.05, 0) is 30.3 Å². The fourth-order valence-electron chi connectivity index (χ4n) is 3.06. The number of halogens is 1. The summed E-state index contributed by atoms with van der Waals surface area (Å²) in [5.41, 5.74) is 4.24. The molecule has 3 aromatic carbocycles. The molecule has 0 spiro atoms. The molecule has 0 radical (unpaired) electrons. The molecule has 1 N–H and O–H groups in total. The van der Waals surface area contributed by atoms with E-state index in [-0.39, 0.29) is 17.0 Å². The van der Waals surface area contributed by atoms with Crippen LogP contribution in [0.5, 0.6) is 0 Å². The zero-order chi connectivity index (χ0) is 23.9. The zero-order valence-electron chi connectivity index (χ0n) is 17.5. The maximum atomic E-state index is 12.3. The van der Waals surface area contributed by atoms with E-state index >= 15 is 0 Å². The van der Waals surface area contributed by atoms with E-state index < -0.39 is 10.8 Å². The highest BCUT2D eigenvalue weighted by Gasteiger charge is 2.17. The van der Waals surface area contributed by atoms with Gasteiger partial charge in [0.25, 0.3) is 11.6 Å². The number of thioether (sulfide) groups is 1. The Morgan fingerprint density at radius 1 is 1.06 bits per heavy atom. The maximum absolute atomic E-state index is 12.3. The minimum Gasteiger partial charge on any atom is -0.272 e. The van der Waals surface area contributed by atoms with Crippen LogP contribution in [0.15, 0.2) is 89.1 Å². The first-order valence-electron chi connectivity index (χ1n) is 9.98. The highest BCUT2D eigenvalue weighted by atomic mass is 35.5. The van der Waals surface area contributed by atoms with Crippen molar-refractivity contribution >= 4 is 41.2 Å². The van der Waals surface area contributed by atoms with E-state index in [1.165, 1.54) is 24.0 Å². The van der Waals surface area contributed by atoms with E-state index in [1.54, 1.807) is 30.3 Å². The third-order valence-electron chi connectivity index (χ3n) is 4.61. The fourth-order valence-corrected chi connectivity index (χ4v) is 3.93. The molecular weight excluding hydrogens is 476 g/mol. The summed E-state index contributed by atoms with van der Waals surface area (Å²) in [5.74, 6) is 0.237. The number of aromatic nitrogens is 3. The van der Waals surface area contributed by atoms with Gasteiger partial charge < -0.3 is 0 Å². The second kappa shape index (κ2) is 10.7. The summed E-state index contributed by atoms with van der Waals surface area (Å²) in [6, 6.07) is 22.9. The molecule has 0 saturated heterocycles. The smallest absolute Gasteiger partial charge is 0.272 e. The molecule has 4 aromatic rings. The number of benzene rings is 3. The molecule has 34 heavy (non-hydrogen) atoms. The highest BCUT2D eigenvalue weighted by Crippen LogP contribution is 2.28. The average Bonchev–Trinajstić information content (AvgIpc) is 3.28. The molecule has 0 aliphatic carbocycles. The normalized spacial score (nSPS) is 11.0. The monoisotopic (exact) mass is 492 g/mol. The van der Waals surface area contributed by atoms with Crippen LogP contribution in [0.25, 0.3) is 17.1 Å². The van der Waals surface area contributed by atoms with Gasteiger partial charge in [0, 0.05) is 22.3 Å². The standard InChI is InChI=1S/C23H17ClN6O3S/c24-18-10-12-19(13-11-18)29-22(16-6-2-1-3-7-16)27-28-23(29)34-15-21(31)26-25-14-17-8-4-5-9-20(17)30(32)33/h1-14H,15H2,(H,26,31). The number of nitro groups is 1. The second-order valence-corrected chi connectivity index (χ2v) is 8.26. The molecule has 0 unspecified atom stereocenters. The van der Waals surface area contributed by atoms with Gasteiger partial charge in [0.15, 0.2) is 11.0 Å². The number of carbonyl (C=O) groups is 1. The molecule has 0 saturated carbocycles. The van der Waals surface area contributed by atoms with Crippen LogP contribution in [0.4, 0.5) is 5.69 Å². The van der Waals surface area contributed by atoms with Crippen LogP contribution in [-0.4, -0.2) is 37.6 Å². The number of carbonyl (C=O) groups excluding carboxylic acids is 1. The van der Waals surface area contributed by atoms with Gasteiger partial charge in [-0.3, -0.25) is 19.5 Å². The van der Waals surface area contributed by atoms with Crippen LogP contribution < -0.4 is 5.43 Å². The van der Waals surface area contributed by atoms with Crippen LogP contribution in [0.3, 0.4) is 0 Å². The molecule has 4 rings (SSSR count). The molecule has 0 aliphatic rings. The van der Waals surface area contributed by atoms with Crippen molar-refractivity contribution in [3.8, 4) is 17.1 Å². The summed E-state index contributed by atoms with van der Waals surface area (Å²) in [7, 11) is 0. The van der Waals surface area contributed by atoms with E-state index in [0.29, 0.717) is 16.0 Å². The Hall–Kier alpha value is -4.02. The van der Waals surface area contributed by atoms with E-state index in [4.69, 9.17) is 11.6 Å². The quantitative estimate of drug-likeness (QED) is 0.164. The summed E-state index contributed by atoms with van der Waals surface area (Å²) in [6.45, 7) is 0. The molecule has 0 fully saturated rings. The van der Waals surface area contributed by atoms with Gasteiger partial charge in [0.2, 0.25) is 0 Å². The molecule has 11 heteroatoms. The minimum absolute atomic E-state index is 0.00867. The van der Waals surface area contributed by atoms with E-state index in [2.05, 4.69) is 20.7 Å². The van der Waals surface area contributed by atoms with Crippen molar-refractivity contribution in [2.75, 3.05) is 5.75 Å². The topological polar surface area (TPSA) is 115 Å². The Bertz CT molecular complexity index is 1340. The Morgan fingerprint density at radius 2 is 1.76 bits per heavy atom. The lowest BCUT2D eigenvalue weighted by Gasteiger charge is -2.10. The SMILES string of the molecule is O=C(CSc1nnc(-c2ccccc2)n1-c1ccc(Cl)cc1)NN=Cc1ccccc1[N+](=O)[O-]. The van der Waals surface area contributed by atoms with Crippen molar-refractivity contribution in [1.82, 2.24) is 20.2 Å². The number of nitrogens with zero attached hydrogens (tertiary/aromatic N) is 5. The van der Waals surface area contributed by atoms with Crippen molar-refractivity contribution in [1.29, 1.82) is 0 Å². The lowest BCUT2D eigenvalue weighted by Crippen LogP contribution is -2.20. The van der Waals surface area contributed by atoms with Gasteiger partial charge in [0.05, 0.1) is 22.5 Å². The van der Waals surface area contributed by atoms with Crippen LogP contribution >= 0.6 is 23.4 Å². The van der Waals surface area contributed by atoms with E-state index in [9.17, 15) is 14.9 Å². The lowest BCUT2D eigenvalue weighted by molar-refractivity contribution is -0.385. The summed E-state index contributed by atoms with van der Waals surface area (Å²) in [5, 5.41) is 24.6. The number of hydrogen-bond acceptors (Lipinski definition) is 7. The molecule has 0 atom stereocenters. The number of nitrogens with one attached hydrogen (secondary N) is 1. The van der Waals surface area contributed by atoms with Gasteiger partial charge in [-0.1, -0.05) is 65.8 Å². The summed E-state index contributed by atoms with van der Waals surface area (Å²) in [4.78, 5) is 22.9. The van der Waals surface area contributed by atoms with Gasteiger partial charge in [0.1, 0.15) is 0 Å². The third-order valence-corrected chi connectivity index (χ3v) is 5.79. The zero-order valence-corrected chi connectivity index (χ0v) is 19.1. The van der Waals surface area contributed by atoms with Crippen molar-refractivity contribution < 1.29 is 9.72 Å². The van der Waals surface area contributed by atoms with Crippen LogP contribution in [0, 0.1) is 10.1 Å². The predicted molar refractivity (Wildman–Crippen MR) is 131 cm³/mol. The highest BCUT2D eigenvalue weighted by molar-refractivity contribution is 7.99. The van der Waals surface area contributed by atoms with Crippen molar-refractivity contribution in [2.45, 2.75) is 5.16 Å². The first kappa shape index (κ1) is 23.1. The van der Waals surface area contributed by atoms with Crippen molar-refractivity contribution in [2.24, 2.45) is 5.10 Å². The van der Waals surface area contributed by atoms with Crippen molar-refractivity contribution in [3.63, 3.8) is 0 Å². The van der Waals surface area contributed by atoms with Crippen LogP contribution in [-0.2, 0) is 4.79 Å². The summed E-state index contributed by atoms with van der Waals surface area (Å²) in [6.07, 6.45) is 1.24. The summed E-state index contributed by atoms with van der Waals surface area (Å²) >= 11 is 7.23. The second-order valence-electron chi connectivity index (χ2n) is 6.88. The molecule has 1 aromatic heterocycles. The van der Waals surface area contributed by atoms with Gasteiger partial charge in [-0.15, -0.1) is 10.2 Å². The number of hydrogen-bond donors (Lipinski definition) is 1. The van der Waals surface area contributed by atoms with Gasteiger partial charge in [-0.25, -0.2) is 5.43 Å².